The molecule has 0 radical (unpaired) electrons. The first-order valence-corrected chi connectivity index (χ1v) is 8.23. The monoisotopic (exact) mass is 387 g/mol. The summed E-state index contributed by atoms with van der Waals surface area (Å²) in [5.41, 5.74) is 0. The number of morpholine rings is 1. The van der Waals surface area contributed by atoms with E-state index in [0.717, 1.165) is 22.6 Å². The number of aromatic nitrogens is 4. The van der Waals surface area contributed by atoms with Gasteiger partial charge in [-0.1, -0.05) is 0 Å². The maximum atomic E-state index is 6.00. The van der Waals surface area contributed by atoms with Crippen molar-refractivity contribution in [2.75, 3.05) is 31.2 Å². The Morgan fingerprint density at radius 3 is 2.71 bits per heavy atom. The summed E-state index contributed by atoms with van der Waals surface area (Å²) in [6, 6.07) is 3.81. The van der Waals surface area contributed by atoms with Crippen LogP contribution in [-0.4, -0.2) is 46.2 Å². The van der Waals surface area contributed by atoms with Gasteiger partial charge in [0.1, 0.15) is 5.03 Å². The Bertz CT molecular complexity index is 624. The molecule has 0 atom stereocenters. The highest BCUT2D eigenvalue weighted by Crippen LogP contribution is 2.26. The van der Waals surface area contributed by atoms with Crippen molar-refractivity contribution in [2.45, 2.75) is 10.2 Å². The molecular weight excluding hydrogens is 378 g/mol. The Balaban J connectivity index is 1.81. The van der Waals surface area contributed by atoms with Gasteiger partial charge in [0, 0.05) is 23.8 Å². The van der Waals surface area contributed by atoms with Crippen LogP contribution in [0.3, 0.4) is 0 Å². The van der Waals surface area contributed by atoms with E-state index in [9.17, 15) is 0 Å². The minimum absolute atomic E-state index is 0.186. The SMILES string of the molecule is Clc1nc(Sc2ccc(Br)cn2)nc(N2CCOCC2)n1. The molecule has 3 rings (SSSR count). The zero-order valence-corrected chi connectivity index (χ0v) is 14.0. The molecule has 0 aliphatic carbocycles. The summed E-state index contributed by atoms with van der Waals surface area (Å²) in [7, 11) is 0. The molecule has 0 amide bonds. The fourth-order valence-electron chi connectivity index (χ4n) is 1.79. The normalized spacial score (nSPS) is 15.2. The molecule has 2 aromatic heterocycles. The van der Waals surface area contributed by atoms with Crippen LogP contribution in [0.2, 0.25) is 5.28 Å². The van der Waals surface area contributed by atoms with Crippen LogP contribution >= 0.6 is 39.3 Å². The Kier molecular flexibility index (Phi) is 4.89. The molecule has 110 valence electrons. The van der Waals surface area contributed by atoms with E-state index in [1.807, 2.05) is 17.0 Å². The van der Waals surface area contributed by atoms with E-state index < -0.39 is 0 Å². The molecule has 3 heterocycles. The predicted molar refractivity (Wildman–Crippen MR) is 83.9 cm³/mol. The fourth-order valence-corrected chi connectivity index (χ4v) is 2.92. The number of nitrogens with zero attached hydrogens (tertiary/aromatic N) is 5. The van der Waals surface area contributed by atoms with E-state index in [2.05, 4.69) is 35.9 Å². The van der Waals surface area contributed by atoms with Gasteiger partial charge >= 0.3 is 0 Å². The third kappa shape index (κ3) is 4.03. The summed E-state index contributed by atoms with van der Waals surface area (Å²) in [4.78, 5) is 19.1. The average molecular weight is 389 g/mol. The molecule has 6 nitrogen and oxygen atoms in total. The summed E-state index contributed by atoms with van der Waals surface area (Å²) < 4.78 is 6.25. The van der Waals surface area contributed by atoms with Crippen molar-refractivity contribution in [1.29, 1.82) is 0 Å². The molecular formula is C12H11BrClN5OS. The largest absolute Gasteiger partial charge is 0.378 e. The number of hydrogen-bond donors (Lipinski definition) is 0. The summed E-state index contributed by atoms with van der Waals surface area (Å²) in [5.74, 6) is 0.581. The third-order valence-corrected chi connectivity index (χ3v) is 4.22. The van der Waals surface area contributed by atoms with Crippen LogP contribution in [-0.2, 0) is 4.74 Å². The highest BCUT2D eigenvalue weighted by molar-refractivity contribution is 9.10. The van der Waals surface area contributed by atoms with Crippen LogP contribution in [0.5, 0.6) is 0 Å². The fraction of sp³-hybridized carbons (Fsp3) is 0.333. The molecule has 9 heteroatoms. The summed E-state index contributed by atoms with van der Waals surface area (Å²) in [5, 5.41) is 1.52. The lowest BCUT2D eigenvalue weighted by Gasteiger charge is -2.26. The first-order chi connectivity index (χ1) is 10.2. The molecule has 0 saturated carbocycles. The van der Waals surface area contributed by atoms with Gasteiger partial charge in [-0.2, -0.15) is 15.0 Å². The Labute approximate surface area is 139 Å². The first kappa shape index (κ1) is 15.0. The van der Waals surface area contributed by atoms with Gasteiger partial charge in [0.15, 0.2) is 5.16 Å². The average Bonchev–Trinajstić information content (AvgIpc) is 2.50. The molecule has 21 heavy (non-hydrogen) atoms. The topological polar surface area (TPSA) is 64.0 Å². The standard InChI is InChI=1S/C12H11BrClN5OS/c13-8-1-2-9(15-7-8)21-12-17-10(14)16-11(18-12)19-3-5-20-6-4-19/h1-2,7H,3-6H2. The predicted octanol–water partition coefficient (Wildman–Crippen LogP) is 2.67. The molecule has 1 aliphatic heterocycles. The second kappa shape index (κ2) is 6.87. The molecule has 2 aromatic rings. The maximum absolute atomic E-state index is 6.00. The van der Waals surface area contributed by atoms with Crippen molar-refractivity contribution in [3.63, 3.8) is 0 Å². The summed E-state index contributed by atoms with van der Waals surface area (Å²) in [6.45, 7) is 2.84. The van der Waals surface area contributed by atoms with Gasteiger partial charge in [-0.15, -0.1) is 0 Å². The van der Waals surface area contributed by atoms with Crippen molar-refractivity contribution in [1.82, 2.24) is 19.9 Å². The first-order valence-electron chi connectivity index (χ1n) is 6.24. The number of anilines is 1. The van der Waals surface area contributed by atoms with Gasteiger partial charge in [0.05, 0.1) is 13.2 Å². The van der Waals surface area contributed by atoms with Crippen LogP contribution in [0, 0.1) is 0 Å². The number of rotatable bonds is 3. The van der Waals surface area contributed by atoms with E-state index in [-0.39, 0.29) is 5.28 Å². The minimum atomic E-state index is 0.186. The lowest BCUT2D eigenvalue weighted by molar-refractivity contribution is 0.122. The van der Waals surface area contributed by atoms with E-state index in [4.69, 9.17) is 16.3 Å². The molecule has 0 N–H and O–H groups in total. The van der Waals surface area contributed by atoms with Gasteiger partial charge in [0.25, 0.3) is 0 Å². The van der Waals surface area contributed by atoms with Gasteiger partial charge in [-0.25, -0.2) is 4.98 Å². The number of pyridine rings is 1. The number of hydrogen-bond acceptors (Lipinski definition) is 7. The summed E-state index contributed by atoms with van der Waals surface area (Å²) >= 11 is 10.7. The van der Waals surface area contributed by atoms with Gasteiger partial charge in [0.2, 0.25) is 11.2 Å². The second-order valence-corrected chi connectivity index (χ2v) is 6.44. The highest BCUT2D eigenvalue weighted by atomic mass is 79.9. The number of halogens is 2. The maximum Gasteiger partial charge on any atom is 0.230 e. The van der Waals surface area contributed by atoms with Crippen molar-refractivity contribution < 1.29 is 4.74 Å². The lowest BCUT2D eigenvalue weighted by atomic mass is 10.4. The van der Waals surface area contributed by atoms with Crippen LogP contribution in [0.1, 0.15) is 0 Å². The van der Waals surface area contributed by atoms with Crippen molar-refractivity contribution >= 4 is 45.2 Å². The molecule has 0 unspecified atom stereocenters. The van der Waals surface area contributed by atoms with Gasteiger partial charge in [-0.05, 0) is 51.4 Å². The molecule has 0 aromatic carbocycles. The van der Waals surface area contributed by atoms with Gasteiger partial charge in [-0.3, -0.25) is 0 Å². The van der Waals surface area contributed by atoms with E-state index in [1.165, 1.54) is 11.8 Å². The third-order valence-electron chi connectivity index (χ3n) is 2.77. The van der Waals surface area contributed by atoms with E-state index >= 15 is 0 Å². The van der Waals surface area contributed by atoms with Crippen molar-refractivity contribution in [3.05, 3.63) is 28.1 Å². The molecule has 1 fully saturated rings. The van der Waals surface area contributed by atoms with Crippen LogP contribution in [0.25, 0.3) is 0 Å². The molecule has 1 aliphatic rings. The van der Waals surface area contributed by atoms with E-state index in [1.54, 1.807) is 6.20 Å². The van der Waals surface area contributed by atoms with Crippen LogP contribution in [0.4, 0.5) is 5.95 Å². The van der Waals surface area contributed by atoms with Gasteiger partial charge < -0.3 is 9.64 Å². The molecule has 0 spiro atoms. The Morgan fingerprint density at radius 2 is 2.00 bits per heavy atom. The van der Waals surface area contributed by atoms with E-state index in [0.29, 0.717) is 24.3 Å². The highest BCUT2D eigenvalue weighted by Gasteiger charge is 2.16. The van der Waals surface area contributed by atoms with Crippen molar-refractivity contribution in [3.8, 4) is 0 Å². The summed E-state index contributed by atoms with van der Waals surface area (Å²) in [6.07, 6.45) is 1.73. The zero-order chi connectivity index (χ0) is 14.7. The Morgan fingerprint density at radius 1 is 1.19 bits per heavy atom. The number of ether oxygens (including phenoxy) is 1. The van der Waals surface area contributed by atoms with Crippen LogP contribution in [0.15, 0.2) is 33.0 Å². The second-order valence-electron chi connectivity index (χ2n) is 4.20. The smallest absolute Gasteiger partial charge is 0.230 e. The zero-order valence-electron chi connectivity index (χ0n) is 10.9. The molecule has 0 bridgehead atoms. The van der Waals surface area contributed by atoms with Crippen LogP contribution < -0.4 is 4.90 Å². The minimum Gasteiger partial charge on any atom is -0.378 e. The lowest BCUT2D eigenvalue weighted by Crippen LogP contribution is -2.37. The quantitative estimate of drug-likeness (QED) is 0.801. The Hall–Kier alpha value is -0.960. The van der Waals surface area contributed by atoms with Crippen molar-refractivity contribution in [2.24, 2.45) is 0 Å². The molecule has 1 saturated heterocycles.